The first kappa shape index (κ1) is 14.0. The molecule has 0 saturated carbocycles. The number of nitrogens with zero attached hydrogens (tertiary/aromatic N) is 4. The first-order valence-corrected chi connectivity index (χ1v) is 7.07. The molecule has 1 atom stereocenters. The van der Waals surface area contributed by atoms with Gasteiger partial charge in [-0.3, -0.25) is 14.0 Å². The Morgan fingerprint density at radius 3 is 2.89 bits per heavy atom. The molecule has 102 valence electrons. The summed E-state index contributed by atoms with van der Waals surface area (Å²) in [6, 6.07) is 2.31. The van der Waals surface area contributed by atoms with Gasteiger partial charge in [0.2, 0.25) is 0 Å². The maximum Gasteiger partial charge on any atom is 0.268 e. The lowest BCUT2D eigenvalue weighted by Gasteiger charge is -2.08. The number of halogens is 1. The standard InChI is InChI=1S/C13H17BrN4O/c1-4-9(2)18-6-5-11(16-18)7-17-8-15-10(3)12(14)13(17)19/h5-6,8-9H,4,7H2,1-3H3. The number of aromatic nitrogens is 4. The largest absolute Gasteiger partial charge is 0.292 e. The summed E-state index contributed by atoms with van der Waals surface area (Å²) < 4.78 is 3.99. The predicted molar refractivity (Wildman–Crippen MR) is 77.3 cm³/mol. The van der Waals surface area contributed by atoms with E-state index < -0.39 is 0 Å². The van der Waals surface area contributed by atoms with Crippen LogP contribution in [0.1, 0.15) is 37.7 Å². The SMILES string of the molecule is CCC(C)n1ccc(Cn2cnc(C)c(Br)c2=O)n1. The van der Waals surface area contributed by atoms with Crippen molar-refractivity contribution < 1.29 is 0 Å². The van der Waals surface area contributed by atoms with Crippen LogP contribution in [0.15, 0.2) is 27.9 Å². The van der Waals surface area contributed by atoms with Gasteiger partial charge < -0.3 is 0 Å². The molecule has 5 nitrogen and oxygen atoms in total. The highest BCUT2D eigenvalue weighted by molar-refractivity contribution is 9.10. The molecule has 0 saturated heterocycles. The lowest BCUT2D eigenvalue weighted by Crippen LogP contribution is -2.23. The van der Waals surface area contributed by atoms with Crippen molar-refractivity contribution in [2.75, 3.05) is 0 Å². The van der Waals surface area contributed by atoms with Crippen LogP contribution in [-0.2, 0) is 6.54 Å². The van der Waals surface area contributed by atoms with Gasteiger partial charge in [0.15, 0.2) is 0 Å². The van der Waals surface area contributed by atoms with Crippen LogP contribution in [0.4, 0.5) is 0 Å². The number of rotatable bonds is 4. The van der Waals surface area contributed by atoms with Gasteiger partial charge in [0.1, 0.15) is 4.47 Å². The summed E-state index contributed by atoms with van der Waals surface area (Å²) in [5.74, 6) is 0. The van der Waals surface area contributed by atoms with Crippen molar-refractivity contribution in [1.29, 1.82) is 0 Å². The van der Waals surface area contributed by atoms with Crippen LogP contribution in [0.3, 0.4) is 0 Å². The van der Waals surface area contributed by atoms with Gasteiger partial charge >= 0.3 is 0 Å². The topological polar surface area (TPSA) is 52.7 Å². The highest BCUT2D eigenvalue weighted by Crippen LogP contribution is 2.10. The molecular weight excluding hydrogens is 308 g/mol. The summed E-state index contributed by atoms with van der Waals surface area (Å²) in [6.45, 7) is 6.48. The van der Waals surface area contributed by atoms with E-state index in [-0.39, 0.29) is 5.56 Å². The summed E-state index contributed by atoms with van der Waals surface area (Å²) in [6.07, 6.45) is 4.54. The molecule has 1 unspecified atom stereocenters. The zero-order chi connectivity index (χ0) is 14.0. The molecular formula is C13H17BrN4O. The molecule has 0 aliphatic heterocycles. The lowest BCUT2D eigenvalue weighted by atomic mass is 10.3. The van der Waals surface area contributed by atoms with Crippen LogP contribution >= 0.6 is 15.9 Å². The Morgan fingerprint density at radius 2 is 2.21 bits per heavy atom. The monoisotopic (exact) mass is 324 g/mol. The van der Waals surface area contributed by atoms with E-state index in [0.717, 1.165) is 12.1 Å². The molecule has 2 rings (SSSR count). The van der Waals surface area contributed by atoms with Gasteiger partial charge in [-0.05, 0) is 42.3 Å². The van der Waals surface area contributed by atoms with Crippen molar-refractivity contribution >= 4 is 15.9 Å². The molecule has 0 fully saturated rings. The van der Waals surface area contributed by atoms with Gasteiger partial charge in [0.25, 0.3) is 5.56 Å². The van der Waals surface area contributed by atoms with Gasteiger partial charge in [0.05, 0.1) is 24.3 Å². The van der Waals surface area contributed by atoms with Gasteiger partial charge in [-0.25, -0.2) is 4.98 Å². The zero-order valence-corrected chi connectivity index (χ0v) is 12.9. The van der Waals surface area contributed by atoms with E-state index >= 15 is 0 Å². The summed E-state index contributed by atoms with van der Waals surface area (Å²) >= 11 is 3.26. The van der Waals surface area contributed by atoms with E-state index in [1.54, 1.807) is 17.8 Å². The van der Waals surface area contributed by atoms with Crippen LogP contribution in [0, 0.1) is 6.92 Å². The minimum Gasteiger partial charge on any atom is -0.292 e. The normalized spacial score (nSPS) is 12.6. The Balaban J connectivity index is 2.25. The Bertz CT molecular complexity index is 632. The first-order chi connectivity index (χ1) is 9.02. The Morgan fingerprint density at radius 1 is 1.47 bits per heavy atom. The van der Waals surface area contributed by atoms with E-state index in [1.807, 2.05) is 16.9 Å². The minimum atomic E-state index is -0.0782. The molecule has 0 spiro atoms. The second-order valence-electron chi connectivity index (χ2n) is 4.62. The van der Waals surface area contributed by atoms with Crippen LogP contribution < -0.4 is 5.56 Å². The Hall–Kier alpha value is -1.43. The Kier molecular flexibility index (Phi) is 4.19. The molecule has 2 aromatic rings. The van der Waals surface area contributed by atoms with E-state index in [9.17, 15) is 4.79 Å². The van der Waals surface area contributed by atoms with Crippen LogP contribution in [0.2, 0.25) is 0 Å². The molecule has 0 amide bonds. The quantitative estimate of drug-likeness (QED) is 0.868. The minimum absolute atomic E-state index is 0.0782. The van der Waals surface area contributed by atoms with Crippen molar-refractivity contribution in [3.05, 3.63) is 44.8 Å². The summed E-state index contributed by atoms with van der Waals surface area (Å²) in [4.78, 5) is 16.2. The molecule has 0 radical (unpaired) electrons. The molecule has 0 aromatic carbocycles. The summed E-state index contributed by atoms with van der Waals surface area (Å²) in [5.41, 5.74) is 1.48. The maximum absolute atomic E-state index is 12.0. The van der Waals surface area contributed by atoms with Crippen molar-refractivity contribution in [1.82, 2.24) is 19.3 Å². The third-order valence-electron chi connectivity index (χ3n) is 3.20. The third kappa shape index (κ3) is 2.94. The van der Waals surface area contributed by atoms with Gasteiger partial charge in [-0.1, -0.05) is 6.92 Å². The van der Waals surface area contributed by atoms with Crippen molar-refractivity contribution in [3.63, 3.8) is 0 Å². The average molecular weight is 325 g/mol. The second kappa shape index (κ2) is 5.69. The van der Waals surface area contributed by atoms with Crippen LogP contribution in [0.5, 0.6) is 0 Å². The summed E-state index contributed by atoms with van der Waals surface area (Å²) in [7, 11) is 0. The van der Waals surface area contributed by atoms with E-state index in [0.29, 0.717) is 22.8 Å². The Labute approximate surface area is 120 Å². The molecule has 0 aliphatic carbocycles. The molecule has 2 heterocycles. The van der Waals surface area contributed by atoms with Crippen LogP contribution in [-0.4, -0.2) is 19.3 Å². The van der Waals surface area contributed by atoms with Gasteiger partial charge in [-0.2, -0.15) is 5.10 Å². The highest BCUT2D eigenvalue weighted by atomic mass is 79.9. The van der Waals surface area contributed by atoms with E-state index in [2.05, 4.69) is 39.9 Å². The van der Waals surface area contributed by atoms with Crippen LogP contribution in [0.25, 0.3) is 0 Å². The smallest absolute Gasteiger partial charge is 0.268 e. The van der Waals surface area contributed by atoms with E-state index in [1.165, 1.54) is 0 Å². The molecule has 0 N–H and O–H groups in total. The van der Waals surface area contributed by atoms with E-state index in [4.69, 9.17) is 0 Å². The van der Waals surface area contributed by atoms with Crippen molar-refractivity contribution in [2.45, 2.75) is 39.8 Å². The maximum atomic E-state index is 12.0. The first-order valence-electron chi connectivity index (χ1n) is 6.28. The van der Waals surface area contributed by atoms with Gasteiger partial charge in [0, 0.05) is 12.2 Å². The number of hydrogen-bond acceptors (Lipinski definition) is 3. The zero-order valence-electron chi connectivity index (χ0n) is 11.3. The lowest BCUT2D eigenvalue weighted by molar-refractivity contribution is 0.471. The average Bonchev–Trinajstić information content (AvgIpc) is 2.87. The number of hydrogen-bond donors (Lipinski definition) is 0. The predicted octanol–water partition coefficient (Wildman–Crippen LogP) is 2.53. The fourth-order valence-corrected chi connectivity index (χ4v) is 2.06. The van der Waals surface area contributed by atoms with Crippen molar-refractivity contribution in [2.24, 2.45) is 0 Å². The molecule has 0 aliphatic rings. The molecule has 19 heavy (non-hydrogen) atoms. The molecule has 6 heteroatoms. The molecule has 0 bridgehead atoms. The second-order valence-corrected chi connectivity index (χ2v) is 5.41. The third-order valence-corrected chi connectivity index (χ3v) is 4.11. The molecule has 2 aromatic heterocycles. The highest BCUT2D eigenvalue weighted by Gasteiger charge is 2.08. The van der Waals surface area contributed by atoms with Gasteiger partial charge in [-0.15, -0.1) is 0 Å². The van der Waals surface area contributed by atoms with Crippen molar-refractivity contribution in [3.8, 4) is 0 Å². The fourth-order valence-electron chi connectivity index (χ4n) is 1.73. The number of aryl methyl sites for hydroxylation is 1. The summed E-state index contributed by atoms with van der Waals surface area (Å²) in [5, 5.41) is 4.48. The fraction of sp³-hybridized carbons (Fsp3) is 0.462.